The Labute approximate surface area is 393 Å². The highest BCUT2D eigenvalue weighted by Gasteiger charge is 2.59. The number of likely N-dealkylation sites (N-methyl/N-ethyl adjacent to an activating group) is 2. The molecule has 0 amide bonds. The molecular formula is C49H84N4O13. The number of nitrogens with one attached hydrogen (secondary N) is 1. The van der Waals surface area contributed by atoms with Crippen LogP contribution in [0.2, 0.25) is 0 Å². The van der Waals surface area contributed by atoms with Crippen LogP contribution in [0.4, 0.5) is 5.69 Å². The van der Waals surface area contributed by atoms with Crippen molar-refractivity contribution in [3.05, 3.63) is 24.3 Å². The summed E-state index contributed by atoms with van der Waals surface area (Å²) in [5.74, 6) is -1.95. The fraction of sp³-hybridized carbons (Fsp3) is 0.837. The Morgan fingerprint density at radius 3 is 2.20 bits per heavy atom. The number of aliphatic hydroxyl groups is 4. The molecule has 0 aliphatic carbocycles. The maximum atomic E-state index is 14.6. The summed E-state index contributed by atoms with van der Waals surface area (Å²) < 4.78 is 51.4. The summed E-state index contributed by atoms with van der Waals surface area (Å²) in [6, 6.07) is 7.01. The number of amidine groups is 1. The highest BCUT2D eigenvalue weighted by molar-refractivity contribution is 5.79. The normalized spacial score (nSPS) is 44.0. The second-order valence-electron chi connectivity index (χ2n) is 20.5. The van der Waals surface area contributed by atoms with Gasteiger partial charge in [0.2, 0.25) is 0 Å². The van der Waals surface area contributed by atoms with E-state index in [1.807, 2.05) is 89.7 Å². The van der Waals surface area contributed by atoms with Gasteiger partial charge in [0.15, 0.2) is 18.7 Å². The Morgan fingerprint density at radius 1 is 0.924 bits per heavy atom. The van der Waals surface area contributed by atoms with Crippen LogP contribution >= 0.6 is 0 Å². The van der Waals surface area contributed by atoms with E-state index in [1.54, 1.807) is 41.9 Å². The number of aliphatic imine (C=N–C) groups is 1. The van der Waals surface area contributed by atoms with E-state index in [0.29, 0.717) is 37.0 Å². The maximum Gasteiger partial charge on any atom is 0.311 e. The second kappa shape index (κ2) is 22.0. The van der Waals surface area contributed by atoms with Crippen LogP contribution in [0.25, 0.3) is 0 Å². The Bertz CT molecular complexity index is 1750. The third kappa shape index (κ3) is 11.5. The van der Waals surface area contributed by atoms with Crippen molar-refractivity contribution in [2.45, 2.75) is 198 Å². The van der Waals surface area contributed by atoms with Crippen molar-refractivity contribution in [2.24, 2.45) is 22.7 Å². The molecule has 5 rings (SSSR count). The third-order valence-electron chi connectivity index (χ3n) is 15.2. The van der Waals surface area contributed by atoms with Crippen LogP contribution in [0, 0.1) is 17.8 Å². The molecule has 4 aliphatic rings. The first kappa shape index (κ1) is 54.3. The van der Waals surface area contributed by atoms with Crippen molar-refractivity contribution in [1.29, 1.82) is 0 Å². The van der Waals surface area contributed by atoms with Gasteiger partial charge in [0.05, 0.1) is 54.8 Å². The zero-order chi connectivity index (χ0) is 49.1. The SMILES string of the molecule is CCCNC[C@]1(O)[C@H](C)O[C@@H](O[C@H]2[C@H](C)[C@@H](O[C@@H]3O[C@H](C)C[C@H]4[C@H]3O/C(=N\c3ccc(OC)cc3)N4C)[C@](C)(O)C[C@@H](C)CN(C)[C@H](C)[C@@H](O)[C@](C)(O)[C@@H](CC)OC(=O)[C@@H]2C)C[C@@]1(C)OC. The van der Waals surface area contributed by atoms with Gasteiger partial charge >= 0.3 is 5.97 Å². The molecule has 17 heteroatoms. The number of ether oxygens (including phenoxy) is 8. The Balaban J connectivity index is 1.58. The maximum absolute atomic E-state index is 14.6. The van der Waals surface area contributed by atoms with Gasteiger partial charge in [0.25, 0.3) is 6.02 Å². The molecule has 4 fully saturated rings. The van der Waals surface area contributed by atoms with Crippen LogP contribution in [0.15, 0.2) is 29.3 Å². The molecule has 66 heavy (non-hydrogen) atoms. The van der Waals surface area contributed by atoms with Crippen molar-refractivity contribution in [1.82, 2.24) is 15.1 Å². The number of benzene rings is 1. The summed E-state index contributed by atoms with van der Waals surface area (Å²) in [6.45, 7) is 21.4. The molecule has 5 N–H and O–H groups in total. The van der Waals surface area contributed by atoms with E-state index in [-0.39, 0.29) is 43.9 Å². The van der Waals surface area contributed by atoms with E-state index < -0.39 is 95.5 Å². The summed E-state index contributed by atoms with van der Waals surface area (Å²) in [5.41, 5.74) is -5.33. The van der Waals surface area contributed by atoms with Crippen molar-refractivity contribution < 1.29 is 63.1 Å². The predicted octanol–water partition coefficient (Wildman–Crippen LogP) is 4.37. The highest BCUT2D eigenvalue weighted by Crippen LogP contribution is 2.44. The zero-order valence-electron chi connectivity index (χ0n) is 42.4. The van der Waals surface area contributed by atoms with Crippen LogP contribution in [-0.4, -0.2) is 180 Å². The molecule has 0 radical (unpaired) electrons. The van der Waals surface area contributed by atoms with Gasteiger partial charge in [-0.2, -0.15) is 4.99 Å². The molecule has 0 spiro atoms. The Morgan fingerprint density at radius 2 is 1.59 bits per heavy atom. The average Bonchev–Trinajstić information content (AvgIpc) is 3.57. The van der Waals surface area contributed by atoms with E-state index >= 15 is 0 Å². The summed E-state index contributed by atoms with van der Waals surface area (Å²) in [7, 11) is 6.95. The largest absolute Gasteiger partial charge is 0.497 e. The van der Waals surface area contributed by atoms with Gasteiger partial charge in [-0.3, -0.25) is 4.79 Å². The molecule has 4 heterocycles. The van der Waals surface area contributed by atoms with Gasteiger partial charge in [-0.05, 0) is 118 Å². The molecule has 0 bridgehead atoms. The smallest absolute Gasteiger partial charge is 0.311 e. The van der Waals surface area contributed by atoms with E-state index in [1.165, 1.54) is 6.92 Å². The molecule has 0 saturated carbocycles. The molecular weight excluding hydrogens is 853 g/mol. The molecule has 17 nitrogen and oxygen atoms in total. The standard InChI is InChI=1S/C49H84N4O13/c1-16-22-50-27-49(58)33(8)62-38(25-47(49,10)60-15)64-39-30(5)42(66-44-40-36(23-29(4)61-44)53(13)45(65-40)51-34-18-20-35(59-14)21-19-34)46(9,56)24-28(3)26-52(12)32(7)41(54)48(11,57)37(17-2)63-43(55)31(39)6/h18-21,28-33,36-42,44,50,54,56-58H,16-17,22-27H2,1-15H3/b51-45-/t28-,29-,30+,31-,32-,33+,36+,37-,38+,39+,40-,41-,42-,44+,46-,47-,48-,49+/m1/s1. The minimum Gasteiger partial charge on any atom is -0.497 e. The molecule has 1 aromatic carbocycles. The summed E-state index contributed by atoms with van der Waals surface area (Å²) in [4.78, 5) is 23.4. The van der Waals surface area contributed by atoms with E-state index in [4.69, 9.17) is 42.9 Å². The number of rotatable bonds is 12. The first-order chi connectivity index (χ1) is 30.9. The van der Waals surface area contributed by atoms with Crippen LogP contribution in [0.3, 0.4) is 0 Å². The zero-order valence-corrected chi connectivity index (χ0v) is 42.4. The number of nitrogens with zero attached hydrogens (tertiary/aromatic N) is 3. The lowest BCUT2D eigenvalue weighted by atomic mass is 9.75. The van der Waals surface area contributed by atoms with Crippen molar-refractivity contribution in [3.63, 3.8) is 0 Å². The van der Waals surface area contributed by atoms with Crippen molar-refractivity contribution in [2.75, 3.05) is 47.9 Å². The first-order valence-corrected chi connectivity index (χ1v) is 24.1. The second-order valence-corrected chi connectivity index (χ2v) is 20.5. The number of aliphatic hydroxyl groups excluding tert-OH is 1. The number of hydrogen-bond acceptors (Lipinski definition) is 16. The number of methoxy groups -OCH3 is 2. The minimum atomic E-state index is -1.83. The average molecular weight is 937 g/mol. The fourth-order valence-corrected chi connectivity index (χ4v) is 10.8. The number of hydrogen-bond donors (Lipinski definition) is 5. The van der Waals surface area contributed by atoms with Crippen LogP contribution in [0.5, 0.6) is 5.75 Å². The quantitative estimate of drug-likeness (QED) is 0.146. The predicted molar refractivity (Wildman–Crippen MR) is 249 cm³/mol. The van der Waals surface area contributed by atoms with Crippen LogP contribution in [0.1, 0.15) is 108 Å². The fourth-order valence-electron chi connectivity index (χ4n) is 10.8. The lowest BCUT2D eigenvalue weighted by Crippen LogP contribution is -2.70. The molecule has 1 aromatic rings. The monoisotopic (exact) mass is 937 g/mol. The molecule has 18 atom stereocenters. The van der Waals surface area contributed by atoms with E-state index in [9.17, 15) is 25.2 Å². The van der Waals surface area contributed by atoms with Gasteiger partial charge in [-0.25, -0.2) is 0 Å². The Hall–Kier alpha value is -2.68. The van der Waals surface area contributed by atoms with Gasteiger partial charge in [0, 0.05) is 45.6 Å². The Kier molecular flexibility index (Phi) is 18.0. The van der Waals surface area contributed by atoms with E-state index in [2.05, 4.69) is 5.32 Å². The van der Waals surface area contributed by atoms with Gasteiger partial charge < -0.3 is 73.4 Å². The lowest BCUT2D eigenvalue weighted by Gasteiger charge is -2.53. The summed E-state index contributed by atoms with van der Waals surface area (Å²) in [6.07, 6.45) is -6.13. The minimum absolute atomic E-state index is 0.0915. The van der Waals surface area contributed by atoms with Gasteiger partial charge in [-0.15, -0.1) is 0 Å². The third-order valence-corrected chi connectivity index (χ3v) is 15.2. The number of carbonyl (C=O) groups is 1. The number of cyclic esters (lactones) is 1. The van der Waals surface area contributed by atoms with Crippen LogP contribution in [-0.2, 0) is 38.0 Å². The first-order valence-electron chi connectivity index (χ1n) is 24.1. The topological polar surface area (TPSA) is 203 Å². The molecule has 4 aliphatic heterocycles. The van der Waals surface area contributed by atoms with Gasteiger partial charge in [-0.1, -0.05) is 27.7 Å². The number of carbonyl (C=O) groups excluding carboxylic acids is 1. The van der Waals surface area contributed by atoms with E-state index in [0.717, 1.165) is 6.42 Å². The lowest BCUT2D eigenvalue weighted by molar-refractivity contribution is -0.335. The summed E-state index contributed by atoms with van der Waals surface area (Å²) >= 11 is 0. The van der Waals surface area contributed by atoms with Crippen molar-refractivity contribution >= 4 is 17.7 Å². The molecule has 0 aromatic heterocycles. The molecule has 378 valence electrons. The number of fused-ring (bicyclic) bond motifs is 1. The summed E-state index contributed by atoms with van der Waals surface area (Å²) in [5, 5.41) is 52.1. The molecule has 0 unspecified atom stereocenters. The van der Waals surface area contributed by atoms with Crippen LogP contribution < -0.4 is 10.1 Å². The highest BCUT2D eigenvalue weighted by atomic mass is 16.7. The van der Waals surface area contributed by atoms with Gasteiger partial charge in [0.1, 0.15) is 34.8 Å². The molecule has 4 saturated heterocycles. The number of esters is 1. The van der Waals surface area contributed by atoms with Crippen molar-refractivity contribution in [3.8, 4) is 5.75 Å².